The summed E-state index contributed by atoms with van der Waals surface area (Å²) in [4.78, 5) is 24.0. The minimum Gasteiger partial charge on any atom is -0.504 e. The number of carbonyl (C=O) groups is 2. The molecule has 0 aliphatic carbocycles. The van der Waals surface area contributed by atoms with E-state index >= 15 is 0 Å². The van der Waals surface area contributed by atoms with Crippen molar-refractivity contribution in [2.75, 3.05) is 14.2 Å². The molecule has 28 heavy (non-hydrogen) atoms. The Kier molecular flexibility index (Phi) is 6.86. The second kappa shape index (κ2) is 9.31. The standard InChI is InChI=1S/C20H20O8/c1-26-17-7-4-12(9-16(17)23)5-8-19(24)28-18(20(25)27-2)11-13-3-6-14(21)15(22)10-13/h3-10,18,21-23H,11H2,1-2H3/t18-/m1/s1. The van der Waals surface area contributed by atoms with E-state index in [1.165, 1.54) is 43.5 Å². The molecule has 0 saturated carbocycles. The molecule has 3 N–H and O–H groups in total. The third kappa shape index (κ3) is 5.41. The molecule has 0 unspecified atom stereocenters. The molecule has 0 bridgehead atoms. The lowest BCUT2D eigenvalue weighted by atomic mass is 10.1. The molecule has 148 valence electrons. The smallest absolute Gasteiger partial charge is 0.347 e. The number of carbonyl (C=O) groups excluding carboxylic acids is 2. The predicted octanol–water partition coefficient (Wildman–Crippen LogP) is 2.15. The first kappa shape index (κ1) is 20.6. The zero-order valence-corrected chi connectivity index (χ0v) is 15.3. The van der Waals surface area contributed by atoms with Gasteiger partial charge in [0.25, 0.3) is 0 Å². The van der Waals surface area contributed by atoms with E-state index in [2.05, 4.69) is 4.74 Å². The first-order valence-electron chi connectivity index (χ1n) is 8.18. The highest BCUT2D eigenvalue weighted by atomic mass is 16.6. The SMILES string of the molecule is COC(=O)[C@@H](Cc1ccc(O)c(O)c1)OC(=O)C=Cc1ccc(OC)c(O)c1. The average molecular weight is 388 g/mol. The quantitative estimate of drug-likeness (QED) is 0.375. The summed E-state index contributed by atoms with van der Waals surface area (Å²) in [6, 6.07) is 8.56. The van der Waals surface area contributed by atoms with Gasteiger partial charge in [0.2, 0.25) is 6.10 Å². The van der Waals surface area contributed by atoms with Crippen LogP contribution in [0.3, 0.4) is 0 Å². The van der Waals surface area contributed by atoms with Crippen molar-refractivity contribution in [1.29, 1.82) is 0 Å². The molecule has 2 aromatic rings. The molecule has 8 heteroatoms. The summed E-state index contributed by atoms with van der Waals surface area (Å²) in [5.74, 6) is -2.02. The maximum absolute atomic E-state index is 12.1. The Hall–Kier alpha value is -3.68. The topological polar surface area (TPSA) is 123 Å². The van der Waals surface area contributed by atoms with Crippen molar-refractivity contribution in [2.45, 2.75) is 12.5 Å². The Morgan fingerprint density at radius 2 is 1.75 bits per heavy atom. The van der Waals surface area contributed by atoms with Crippen LogP contribution in [-0.4, -0.2) is 47.6 Å². The molecular formula is C20H20O8. The van der Waals surface area contributed by atoms with Crippen molar-refractivity contribution in [3.05, 3.63) is 53.6 Å². The molecule has 1 atom stereocenters. The number of hydrogen-bond acceptors (Lipinski definition) is 8. The lowest BCUT2D eigenvalue weighted by molar-refractivity contribution is -0.162. The van der Waals surface area contributed by atoms with Gasteiger partial charge in [0.1, 0.15) is 0 Å². The van der Waals surface area contributed by atoms with E-state index in [0.29, 0.717) is 16.9 Å². The van der Waals surface area contributed by atoms with Crippen LogP contribution in [0.25, 0.3) is 6.08 Å². The number of rotatable bonds is 7. The van der Waals surface area contributed by atoms with Crippen molar-refractivity contribution in [3.8, 4) is 23.0 Å². The fourth-order valence-corrected chi connectivity index (χ4v) is 2.37. The Labute approximate surface area is 161 Å². The van der Waals surface area contributed by atoms with Crippen molar-refractivity contribution >= 4 is 18.0 Å². The number of esters is 2. The minimum absolute atomic E-state index is 0.0522. The van der Waals surface area contributed by atoms with E-state index in [9.17, 15) is 24.9 Å². The van der Waals surface area contributed by atoms with E-state index in [1.807, 2.05) is 0 Å². The molecule has 0 radical (unpaired) electrons. The fraction of sp³-hybridized carbons (Fsp3) is 0.200. The van der Waals surface area contributed by atoms with E-state index in [1.54, 1.807) is 6.07 Å². The molecule has 0 saturated heterocycles. The van der Waals surface area contributed by atoms with Gasteiger partial charge in [-0.2, -0.15) is 0 Å². The normalized spacial score (nSPS) is 11.8. The van der Waals surface area contributed by atoms with E-state index in [0.717, 1.165) is 13.2 Å². The molecule has 0 aromatic heterocycles. The summed E-state index contributed by atoms with van der Waals surface area (Å²) in [6.45, 7) is 0. The summed E-state index contributed by atoms with van der Waals surface area (Å²) < 4.78 is 14.7. The van der Waals surface area contributed by atoms with Crippen molar-refractivity contribution in [3.63, 3.8) is 0 Å². The summed E-state index contributed by atoms with van der Waals surface area (Å²) >= 11 is 0. The molecule has 2 aromatic carbocycles. The predicted molar refractivity (Wildman–Crippen MR) is 99.1 cm³/mol. The highest BCUT2D eigenvalue weighted by Crippen LogP contribution is 2.27. The van der Waals surface area contributed by atoms with Gasteiger partial charge in [-0.05, 0) is 41.5 Å². The van der Waals surface area contributed by atoms with Gasteiger partial charge in [-0.3, -0.25) is 0 Å². The van der Waals surface area contributed by atoms with Gasteiger partial charge in [-0.25, -0.2) is 9.59 Å². The maximum atomic E-state index is 12.1. The van der Waals surface area contributed by atoms with Gasteiger partial charge in [-0.15, -0.1) is 0 Å². The highest BCUT2D eigenvalue weighted by molar-refractivity contribution is 5.89. The van der Waals surface area contributed by atoms with E-state index < -0.39 is 18.0 Å². The number of phenols is 3. The molecular weight excluding hydrogens is 368 g/mol. The zero-order valence-electron chi connectivity index (χ0n) is 15.3. The lowest BCUT2D eigenvalue weighted by Gasteiger charge is -2.15. The van der Waals surface area contributed by atoms with Gasteiger partial charge in [-0.1, -0.05) is 12.1 Å². The van der Waals surface area contributed by atoms with Crippen molar-refractivity contribution in [2.24, 2.45) is 0 Å². The molecule has 0 aliphatic heterocycles. The Morgan fingerprint density at radius 1 is 1.00 bits per heavy atom. The van der Waals surface area contributed by atoms with Crippen LogP contribution in [0, 0.1) is 0 Å². The minimum atomic E-state index is -1.24. The number of phenolic OH excluding ortho intramolecular Hbond substituents is 3. The van der Waals surface area contributed by atoms with Crippen LogP contribution >= 0.6 is 0 Å². The molecule has 2 rings (SSSR count). The number of methoxy groups -OCH3 is 2. The molecule has 0 amide bonds. The van der Waals surface area contributed by atoms with Crippen LogP contribution in [0.1, 0.15) is 11.1 Å². The van der Waals surface area contributed by atoms with Gasteiger partial charge in [0, 0.05) is 12.5 Å². The third-order valence-corrected chi connectivity index (χ3v) is 3.80. The Bertz CT molecular complexity index is 888. The number of ether oxygens (including phenoxy) is 3. The molecule has 8 nitrogen and oxygen atoms in total. The van der Waals surface area contributed by atoms with Crippen molar-refractivity contribution in [1.82, 2.24) is 0 Å². The fourth-order valence-electron chi connectivity index (χ4n) is 2.37. The molecule has 0 fully saturated rings. The van der Waals surface area contributed by atoms with E-state index in [-0.39, 0.29) is 23.7 Å². The monoisotopic (exact) mass is 388 g/mol. The van der Waals surface area contributed by atoms with Gasteiger partial charge < -0.3 is 29.5 Å². The van der Waals surface area contributed by atoms with Gasteiger partial charge in [0.15, 0.2) is 23.0 Å². The van der Waals surface area contributed by atoms with Crippen LogP contribution < -0.4 is 4.74 Å². The first-order valence-corrected chi connectivity index (χ1v) is 8.18. The van der Waals surface area contributed by atoms with E-state index in [4.69, 9.17) is 9.47 Å². The summed E-state index contributed by atoms with van der Waals surface area (Å²) in [6.07, 6.45) is 1.22. The van der Waals surface area contributed by atoms with Crippen molar-refractivity contribution < 1.29 is 39.1 Å². The van der Waals surface area contributed by atoms with Crippen LogP contribution in [0.15, 0.2) is 42.5 Å². The maximum Gasteiger partial charge on any atom is 0.347 e. The number of hydrogen-bond donors (Lipinski definition) is 3. The molecule has 0 aliphatic rings. The Morgan fingerprint density at radius 3 is 2.36 bits per heavy atom. The average Bonchev–Trinajstić information content (AvgIpc) is 2.68. The summed E-state index contributed by atoms with van der Waals surface area (Å²) in [7, 11) is 2.58. The van der Waals surface area contributed by atoms with Crippen LogP contribution in [0.4, 0.5) is 0 Å². The summed E-state index contributed by atoms with van der Waals surface area (Å²) in [5, 5.41) is 28.6. The summed E-state index contributed by atoms with van der Waals surface area (Å²) in [5.41, 5.74) is 0.982. The first-order chi connectivity index (χ1) is 13.3. The third-order valence-electron chi connectivity index (χ3n) is 3.80. The second-order valence-corrected chi connectivity index (χ2v) is 5.74. The van der Waals surface area contributed by atoms with Gasteiger partial charge >= 0.3 is 11.9 Å². The zero-order chi connectivity index (χ0) is 20.7. The Balaban J connectivity index is 2.08. The molecule has 0 spiro atoms. The van der Waals surface area contributed by atoms with Gasteiger partial charge in [0.05, 0.1) is 14.2 Å². The highest BCUT2D eigenvalue weighted by Gasteiger charge is 2.24. The second-order valence-electron chi connectivity index (χ2n) is 5.74. The number of benzene rings is 2. The number of aromatic hydroxyl groups is 3. The largest absolute Gasteiger partial charge is 0.504 e. The lowest BCUT2D eigenvalue weighted by Crippen LogP contribution is -2.30. The van der Waals surface area contributed by atoms with Crippen LogP contribution in [0.5, 0.6) is 23.0 Å². The van der Waals surface area contributed by atoms with Crippen LogP contribution in [-0.2, 0) is 25.5 Å². The van der Waals surface area contributed by atoms with Crippen LogP contribution in [0.2, 0.25) is 0 Å². The molecule has 0 heterocycles.